The van der Waals surface area contributed by atoms with E-state index in [1.165, 1.54) is 65.3 Å². The molecule has 0 bridgehead atoms. The van der Waals surface area contributed by atoms with Gasteiger partial charge in [0.05, 0.1) is 0 Å². The molecule has 0 atom stereocenters. The van der Waals surface area contributed by atoms with Crippen LogP contribution in [0.3, 0.4) is 0 Å². The first-order chi connectivity index (χ1) is 22.3. The summed E-state index contributed by atoms with van der Waals surface area (Å²) in [5, 5.41) is 12.6. The molecule has 0 amide bonds. The molecule has 9 aromatic carbocycles. The summed E-state index contributed by atoms with van der Waals surface area (Å²) in [6.45, 7) is 0. The highest BCUT2D eigenvalue weighted by molar-refractivity contribution is 6.28. The molecule has 0 spiro atoms. The predicted octanol–water partition coefficient (Wildman–Crippen LogP) is 12.6. The van der Waals surface area contributed by atoms with Crippen molar-refractivity contribution in [3.63, 3.8) is 0 Å². The highest BCUT2D eigenvalue weighted by atomic mass is 16.3. The van der Waals surface area contributed by atoms with Crippen molar-refractivity contribution in [2.75, 3.05) is 0 Å². The minimum Gasteiger partial charge on any atom is -0.455 e. The van der Waals surface area contributed by atoms with Crippen molar-refractivity contribution in [3.8, 4) is 33.4 Å². The Bertz CT molecular complexity index is 2750. The van der Waals surface area contributed by atoms with Crippen molar-refractivity contribution in [1.82, 2.24) is 0 Å². The highest BCUT2D eigenvalue weighted by Crippen LogP contribution is 2.44. The Morgan fingerprint density at radius 3 is 1.69 bits per heavy atom. The van der Waals surface area contributed by atoms with Gasteiger partial charge in [-0.05, 0) is 89.1 Å². The van der Waals surface area contributed by atoms with Gasteiger partial charge in [0.1, 0.15) is 11.2 Å². The molecular weight excluding hydrogens is 544 g/mol. The normalized spacial score (nSPS) is 12.0. The molecule has 0 aliphatic carbocycles. The molecule has 0 aliphatic heterocycles. The van der Waals surface area contributed by atoms with Gasteiger partial charge >= 0.3 is 0 Å². The van der Waals surface area contributed by atoms with Crippen molar-refractivity contribution in [2.45, 2.75) is 0 Å². The molecule has 208 valence electrons. The average molecular weight is 571 g/mol. The van der Waals surface area contributed by atoms with Crippen molar-refractivity contribution in [2.24, 2.45) is 0 Å². The summed E-state index contributed by atoms with van der Waals surface area (Å²) in [5.74, 6) is 0. The van der Waals surface area contributed by atoms with Crippen LogP contribution in [0.25, 0.3) is 98.4 Å². The molecule has 0 N–H and O–H groups in total. The quantitative estimate of drug-likeness (QED) is 0.193. The summed E-state index contributed by atoms with van der Waals surface area (Å²) >= 11 is 0. The van der Waals surface area contributed by atoms with E-state index in [2.05, 4.69) is 158 Å². The number of para-hydroxylation sites is 1. The van der Waals surface area contributed by atoms with Crippen LogP contribution in [0.4, 0.5) is 0 Å². The second-order valence-electron chi connectivity index (χ2n) is 12.1. The van der Waals surface area contributed by atoms with E-state index < -0.39 is 0 Å². The molecule has 10 rings (SSSR count). The SMILES string of the molecule is c1ccc(-c2cccc3c2oc2ccc(-c4ccc5ccc6c(-c7ccc8ccccc8c7)ccc7ccc4c5c76)cc23)cc1. The lowest BCUT2D eigenvalue weighted by Gasteiger charge is -2.17. The van der Waals surface area contributed by atoms with Crippen LogP contribution in [0.15, 0.2) is 162 Å². The number of furan rings is 1. The van der Waals surface area contributed by atoms with Crippen LogP contribution in [-0.2, 0) is 0 Å². The van der Waals surface area contributed by atoms with Crippen molar-refractivity contribution in [1.29, 1.82) is 0 Å². The van der Waals surface area contributed by atoms with Gasteiger partial charge < -0.3 is 4.42 Å². The molecule has 45 heavy (non-hydrogen) atoms. The fourth-order valence-electron chi connectivity index (χ4n) is 7.47. The van der Waals surface area contributed by atoms with Gasteiger partial charge in [-0.15, -0.1) is 0 Å². The van der Waals surface area contributed by atoms with Gasteiger partial charge in [-0.25, -0.2) is 0 Å². The van der Waals surface area contributed by atoms with Gasteiger partial charge in [0.15, 0.2) is 0 Å². The van der Waals surface area contributed by atoms with Gasteiger partial charge in [0, 0.05) is 16.3 Å². The minimum atomic E-state index is 0.912. The maximum Gasteiger partial charge on any atom is 0.143 e. The van der Waals surface area contributed by atoms with E-state index in [0.29, 0.717) is 0 Å². The first-order valence-electron chi connectivity index (χ1n) is 15.5. The second-order valence-corrected chi connectivity index (χ2v) is 12.1. The molecule has 0 saturated heterocycles. The van der Waals surface area contributed by atoms with Gasteiger partial charge in [0.25, 0.3) is 0 Å². The summed E-state index contributed by atoms with van der Waals surface area (Å²) < 4.78 is 6.49. The van der Waals surface area contributed by atoms with E-state index in [1.54, 1.807) is 0 Å². The molecule has 1 aromatic heterocycles. The summed E-state index contributed by atoms with van der Waals surface area (Å²) in [6, 6.07) is 57.3. The first kappa shape index (κ1) is 24.5. The van der Waals surface area contributed by atoms with Crippen LogP contribution >= 0.6 is 0 Å². The number of benzene rings is 9. The molecule has 0 saturated carbocycles. The largest absolute Gasteiger partial charge is 0.455 e. The zero-order valence-electron chi connectivity index (χ0n) is 24.4. The van der Waals surface area contributed by atoms with E-state index in [9.17, 15) is 0 Å². The lowest BCUT2D eigenvalue weighted by molar-refractivity contribution is 0.670. The van der Waals surface area contributed by atoms with Crippen LogP contribution in [0.2, 0.25) is 0 Å². The zero-order chi connectivity index (χ0) is 29.5. The van der Waals surface area contributed by atoms with Gasteiger partial charge in [-0.2, -0.15) is 0 Å². The summed E-state index contributed by atoms with van der Waals surface area (Å²) in [6.07, 6.45) is 0. The van der Waals surface area contributed by atoms with Gasteiger partial charge in [-0.3, -0.25) is 0 Å². The average Bonchev–Trinajstić information content (AvgIpc) is 3.49. The Labute approximate surface area is 259 Å². The standard InChI is InChI=1S/C44H26O/c1-2-8-28(9-3-1)36-11-6-12-39-40-26-33(19-24-41(40)45-44(36)39)35-21-16-30-17-22-37-34(20-15-29-18-23-38(35)43(30)42(29)37)32-14-13-27-7-4-5-10-31(27)25-32/h1-26H. The lowest BCUT2D eigenvalue weighted by Crippen LogP contribution is -1.89. The third-order valence-corrected chi connectivity index (χ3v) is 9.62. The van der Waals surface area contributed by atoms with Crippen molar-refractivity contribution in [3.05, 3.63) is 158 Å². The molecule has 0 fully saturated rings. The third kappa shape index (κ3) is 3.62. The number of fused-ring (bicyclic) bond motifs is 4. The van der Waals surface area contributed by atoms with Crippen LogP contribution in [-0.4, -0.2) is 0 Å². The molecule has 1 nitrogen and oxygen atoms in total. The summed E-state index contributed by atoms with van der Waals surface area (Å²) in [7, 11) is 0. The Morgan fingerprint density at radius 1 is 0.311 bits per heavy atom. The predicted molar refractivity (Wildman–Crippen MR) is 191 cm³/mol. The van der Waals surface area contributed by atoms with E-state index >= 15 is 0 Å². The van der Waals surface area contributed by atoms with Crippen LogP contribution in [0.5, 0.6) is 0 Å². The van der Waals surface area contributed by atoms with Crippen molar-refractivity contribution >= 4 is 65.0 Å². The number of rotatable bonds is 3. The van der Waals surface area contributed by atoms with Crippen LogP contribution < -0.4 is 0 Å². The Hall–Kier alpha value is -5.92. The molecule has 10 aromatic rings. The number of hydrogen-bond donors (Lipinski definition) is 0. The Morgan fingerprint density at radius 2 is 0.933 bits per heavy atom. The van der Waals surface area contributed by atoms with E-state index in [-0.39, 0.29) is 0 Å². The molecule has 0 unspecified atom stereocenters. The first-order valence-corrected chi connectivity index (χ1v) is 15.5. The Balaban J connectivity index is 1.19. The van der Waals surface area contributed by atoms with Gasteiger partial charge in [-0.1, -0.05) is 140 Å². The van der Waals surface area contributed by atoms with E-state index in [4.69, 9.17) is 4.42 Å². The summed E-state index contributed by atoms with van der Waals surface area (Å²) in [5.41, 5.74) is 9.09. The summed E-state index contributed by atoms with van der Waals surface area (Å²) in [4.78, 5) is 0. The molecule has 1 heterocycles. The second kappa shape index (κ2) is 9.29. The van der Waals surface area contributed by atoms with Crippen molar-refractivity contribution < 1.29 is 4.42 Å². The maximum absolute atomic E-state index is 6.49. The monoisotopic (exact) mass is 570 g/mol. The minimum absolute atomic E-state index is 0.912. The molecule has 0 aliphatic rings. The van der Waals surface area contributed by atoms with Crippen LogP contribution in [0, 0.1) is 0 Å². The van der Waals surface area contributed by atoms with E-state index in [1.807, 2.05) is 0 Å². The topological polar surface area (TPSA) is 13.1 Å². The van der Waals surface area contributed by atoms with E-state index in [0.717, 1.165) is 33.1 Å². The third-order valence-electron chi connectivity index (χ3n) is 9.62. The van der Waals surface area contributed by atoms with Crippen LogP contribution in [0.1, 0.15) is 0 Å². The van der Waals surface area contributed by atoms with Gasteiger partial charge in [0.2, 0.25) is 0 Å². The molecule has 1 heteroatoms. The fourth-order valence-corrected chi connectivity index (χ4v) is 7.47. The number of hydrogen-bond acceptors (Lipinski definition) is 1. The molecular formula is C44H26O. The lowest BCUT2D eigenvalue weighted by atomic mass is 9.87. The zero-order valence-corrected chi connectivity index (χ0v) is 24.4. The smallest absolute Gasteiger partial charge is 0.143 e. The molecule has 0 radical (unpaired) electrons. The fraction of sp³-hybridized carbons (Fsp3) is 0. The Kier molecular flexibility index (Phi) is 5.06. The highest BCUT2D eigenvalue weighted by Gasteiger charge is 2.17. The maximum atomic E-state index is 6.49.